The molecule has 1 aliphatic rings. The van der Waals surface area contributed by atoms with Crippen LogP contribution in [-0.4, -0.2) is 11.3 Å². The Bertz CT molecular complexity index is 327. The van der Waals surface area contributed by atoms with E-state index in [-0.39, 0.29) is 0 Å². The lowest BCUT2D eigenvalue weighted by Crippen LogP contribution is -2.35. The molecule has 2 rings (SSSR count). The van der Waals surface area contributed by atoms with Crippen LogP contribution in [0.1, 0.15) is 25.7 Å². The van der Waals surface area contributed by atoms with E-state index < -0.39 is 0 Å². The minimum Gasteiger partial charge on any atom is -0.399 e. The zero-order valence-electron chi connectivity index (χ0n) is 8.86. The van der Waals surface area contributed by atoms with Crippen molar-refractivity contribution in [3.63, 3.8) is 0 Å². The highest BCUT2D eigenvalue weighted by Crippen LogP contribution is 2.33. The molecule has 2 atom stereocenters. The van der Waals surface area contributed by atoms with Crippen molar-refractivity contribution >= 4 is 17.4 Å². The first-order valence-corrected chi connectivity index (χ1v) is 6.41. The lowest BCUT2D eigenvalue weighted by atomic mass is 9.96. The highest BCUT2D eigenvalue weighted by molar-refractivity contribution is 8.00. The molecule has 0 heterocycles. The summed E-state index contributed by atoms with van der Waals surface area (Å²) in [6.07, 6.45) is 5.00. The Balaban J connectivity index is 2.01. The van der Waals surface area contributed by atoms with E-state index in [2.05, 4.69) is 6.07 Å². The molecule has 1 aromatic rings. The molecule has 0 radical (unpaired) electrons. The number of hydrogen-bond donors (Lipinski definition) is 2. The van der Waals surface area contributed by atoms with Crippen LogP contribution in [0.15, 0.2) is 29.2 Å². The first-order valence-electron chi connectivity index (χ1n) is 5.53. The van der Waals surface area contributed by atoms with E-state index in [1.807, 2.05) is 30.0 Å². The Morgan fingerprint density at radius 3 is 2.73 bits per heavy atom. The highest BCUT2D eigenvalue weighted by Gasteiger charge is 2.22. The van der Waals surface area contributed by atoms with Crippen molar-refractivity contribution in [2.75, 3.05) is 5.73 Å². The van der Waals surface area contributed by atoms with Crippen molar-refractivity contribution in [1.29, 1.82) is 0 Å². The SMILES string of the molecule is Nc1cccc(SC2CCCCC2N)c1. The Morgan fingerprint density at radius 2 is 2.00 bits per heavy atom. The topological polar surface area (TPSA) is 52.0 Å². The standard InChI is InChI=1S/C12H18N2S/c13-9-4-3-5-10(8-9)15-12-7-2-1-6-11(12)14/h3-5,8,11-12H,1-2,6-7,13-14H2. The molecule has 2 nitrogen and oxygen atoms in total. The van der Waals surface area contributed by atoms with Crippen LogP contribution in [-0.2, 0) is 0 Å². The van der Waals surface area contributed by atoms with Crippen molar-refractivity contribution in [2.45, 2.75) is 41.9 Å². The molecule has 2 unspecified atom stereocenters. The first-order chi connectivity index (χ1) is 7.25. The van der Waals surface area contributed by atoms with Crippen LogP contribution >= 0.6 is 11.8 Å². The third-order valence-electron chi connectivity index (χ3n) is 2.90. The van der Waals surface area contributed by atoms with E-state index in [0.29, 0.717) is 11.3 Å². The second kappa shape index (κ2) is 4.90. The Morgan fingerprint density at radius 1 is 1.20 bits per heavy atom. The van der Waals surface area contributed by atoms with E-state index in [4.69, 9.17) is 11.5 Å². The van der Waals surface area contributed by atoms with Crippen LogP contribution < -0.4 is 11.5 Å². The van der Waals surface area contributed by atoms with Gasteiger partial charge in [0.2, 0.25) is 0 Å². The van der Waals surface area contributed by atoms with Gasteiger partial charge in [0.1, 0.15) is 0 Å². The van der Waals surface area contributed by atoms with Gasteiger partial charge >= 0.3 is 0 Å². The van der Waals surface area contributed by atoms with Gasteiger partial charge in [-0.1, -0.05) is 18.9 Å². The fourth-order valence-electron chi connectivity index (χ4n) is 2.03. The molecule has 0 bridgehead atoms. The Kier molecular flexibility index (Phi) is 3.54. The normalized spacial score (nSPS) is 26.5. The summed E-state index contributed by atoms with van der Waals surface area (Å²) in [5.74, 6) is 0. The summed E-state index contributed by atoms with van der Waals surface area (Å²) in [6.45, 7) is 0. The number of benzene rings is 1. The minimum atomic E-state index is 0.352. The minimum absolute atomic E-state index is 0.352. The first kappa shape index (κ1) is 10.8. The van der Waals surface area contributed by atoms with Gasteiger partial charge in [0, 0.05) is 21.9 Å². The van der Waals surface area contributed by atoms with Crippen molar-refractivity contribution in [3.8, 4) is 0 Å². The molecule has 1 aliphatic carbocycles. The summed E-state index contributed by atoms with van der Waals surface area (Å²) in [7, 11) is 0. The van der Waals surface area contributed by atoms with Crippen molar-refractivity contribution in [1.82, 2.24) is 0 Å². The van der Waals surface area contributed by atoms with Gasteiger partial charge in [0.25, 0.3) is 0 Å². The highest BCUT2D eigenvalue weighted by atomic mass is 32.2. The predicted molar refractivity (Wildman–Crippen MR) is 66.9 cm³/mol. The molecule has 4 N–H and O–H groups in total. The molecule has 0 spiro atoms. The summed E-state index contributed by atoms with van der Waals surface area (Å²) >= 11 is 1.88. The fourth-order valence-corrected chi connectivity index (χ4v) is 3.34. The smallest absolute Gasteiger partial charge is 0.0325 e. The predicted octanol–water partition coefficient (Wildman–Crippen LogP) is 2.63. The van der Waals surface area contributed by atoms with Crippen LogP contribution in [0.5, 0.6) is 0 Å². The second-order valence-corrected chi connectivity index (χ2v) is 5.49. The monoisotopic (exact) mass is 222 g/mol. The van der Waals surface area contributed by atoms with Crippen LogP contribution in [0, 0.1) is 0 Å². The molecular formula is C12H18N2S. The summed E-state index contributed by atoms with van der Waals surface area (Å²) in [5.41, 5.74) is 12.7. The molecule has 1 aromatic carbocycles. The van der Waals surface area contributed by atoms with Crippen LogP contribution in [0.25, 0.3) is 0 Å². The zero-order valence-corrected chi connectivity index (χ0v) is 9.67. The molecule has 0 aliphatic heterocycles. The summed E-state index contributed by atoms with van der Waals surface area (Å²) < 4.78 is 0. The zero-order chi connectivity index (χ0) is 10.7. The third-order valence-corrected chi connectivity index (χ3v) is 4.31. The number of nitrogens with two attached hydrogens (primary N) is 2. The number of rotatable bonds is 2. The maximum atomic E-state index is 6.11. The Hall–Kier alpha value is -0.670. The van der Waals surface area contributed by atoms with Crippen molar-refractivity contribution in [3.05, 3.63) is 24.3 Å². The largest absolute Gasteiger partial charge is 0.399 e. The van der Waals surface area contributed by atoms with E-state index in [9.17, 15) is 0 Å². The molecule has 1 fully saturated rings. The van der Waals surface area contributed by atoms with Gasteiger partial charge in [-0.3, -0.25) is 0 Å². The lowest BCUT2D eigenvalue weighted by molar-refractivity contribution is 0.453. The van der Waals surface area contributed by atoms with Gasteiger partial charge < -0.3 is 11.5 Å². The van der Waals surface area contributed by atoms with Gasteiger partial charge in [0.05, 0.1) is 0 Å². The fraction of sp³-hybridized carbons (Fsp3) is 0.500. The molecule has 82 valence electrons. The van der Waals surface area contributed by atoms with Crippen LogP contribution in [0.3, 0.4) is 0 Å². The third kappa shape index (κ3) is 2.89. The number of anilines is 1. The summed E-state index contributed by atoms with van der Waals surface area (Å²) in [5, 5.41) is 0.570. The van der Waals surface area contributed by atoms with Crippen molar-refractivity contribution < 1.29 is 0 Å². The maximum Gasteiger partial charge on any atom is 0.0325 e. The quantitative estimate of drug-likeness (QED) is 0.756. The molecule has 0 amide bonds. The van der Waals surface area contributed by atoms with Gasteiger partial charge in [0.15, 0.2) is 0 Å². The van der Waals surface area contributed by atoms with E-state index in [0.717, 1.165) is 5.69 Å². The van der Waals surface area contributed by atoms with Crippen molar-refractivity contribution in [2.24, 2.45) is 5.73 Å². The molecule has 15 heavy (non-hydrogen) atoms. The maximum absolute atomic E-state index is 6.11. The van der Waals surface area contributed by atoms with E-state index in [1.54, 1.807) is 0 Å². The van der Waals surface area contributed by atoms with Crippen LogP contribution in [0.4, 0.5) is 5.69 Å². The molecule has 0 saturated heterocycles. The Labute approximate surface area is 95.4 Å². The number of hydrogen-bond acceptors (Lipinski definition) is 3. The number of nitrogen functional groups attached to an aromatic ring is 1. The summed E-state index contributed by atoms with van der Waals surface area (Å²) in [6, 6.07) is 8.43. The second-order valence-electron chi connectivity index (χ2n) is 4.18. The van der Waals surface area contributed by atoms with E-state index in [1.165, 1.54) is 30.6 Å². The molecule has 3 heteroatoms. The average molecular weight is 222 g/mol. The van der Waals surface area contributed by atoms with E-state index >= 15 is 0 Å². The van der Waals surface area contributed by atoms with Gasteiger partial charge in [-0.25, -0.2) is 0 Å². The van der Waals surface area contributed by atoms with Crippen LogP contribution in [0.2, 0.25) is 0 Å². The molecule has 0 aromatic heterocycles. The van der Waals surface area contributed by atoms with Gasteiger partial charge in [-0.2, -0.15) is 0 Å². The van der Waals surface area contributed by atoms with Gasteiger partial charge in [-0.05, 0) is 31.0 Å². The lowest BCUT2D eigenvalue weighted by Gasteiger charge is -2.27. The average Bonchev–Trinajstić information content (AvgIpc) is 2.22. The summed E-state index contributed by atoms with van der Waals surface area (Å²) in [4.78, 5) is 1.25. The van der Waals surface area contributed by atoms with Gasteiger partial charge in [-0.15, -0.1) is 11.8 Å². The number of thioether (sulfide) groups is 1. The molecular weight excluding hydrogens is 204 g/mol. The molecule has 1 saturated carbocycles.